The fourth-order valence-electron chi connectivity index (χ4n) is 2.94. The summed E-state index contributed by atoms with van der Waals surface area (Å²) in [6, 6.07) is 17.9. The van der Waals surface area contributed by atoms with Crippen molar-refractivity contribution in [1.29, 1.82) is 0 Å². The Morgan fingerprint density at radius 2 is 1.73 bits per heavy atom. The van der Waals surface area contributed by atoms with Gasteiger partial charge in [0.15, 0.2) is 0 Å². The van der Waals surface area contributed by atoms with E-state index >= 15 is 0 Å². The number of hydrogen-bond donors (Lipinski definition) is 1. The Balaban J connectivity index is 1.94. The van der Waals surface area contributed by atoms with Gasteiger partial charge in [0.25, 0.3) is 15.9 Å². The van der Waals surface area contributed by atoms with Gasteiger partial charge in [-0.25, -0.2) is 8.42 Å². The maximum absolute atomic E-state index is 13.0. The number of ether oxygens (including phenoxy) is 1. The molecule has 0 aliphatic carbocycles. The Morgan fingerprint density at radius 3 is 2.40 bits per heavy atom. The Bertz CT molecular complexity index is 1180. The fourth-order valence-corrected chi connectivity index (χ4v) is 4.39. The minimum absolute atomic E-state index is 0.172. The van der Waals surface area contributed by atoms with Crippen molar-refractivity contribution in [3.8, 4) is 5.75 Å². The van der Waals surface area contributed by atoms with Crippen LogP contribution in [-0.4, -0.2) is 28.5 Å². The van der Waals surface area contributed by atoms with Crippen LogP contribution in [0.1, 0.15) is 15.9 Å². The molecule has 0 saturated carbocycles. The molecule has 0 spiro atoms. The third kappa shape index (κ3) is 4.42. The van der Waals surface area contributed by atoms with Crippen molar-refractivity contribution < 1.29 is 17.9 Å². The van der Waals surface area contributed by atoms with Crippen LogP contribution in [0.3, 0.4) is 0 Å². The number of nitrogens with one attached hydrogen (secondary N) is 1. The zero-order valence-electron chi connectivity index (χ0n) is 16.7. The molecule has 156 valence electrons. The lowest BCUT2D eigenvalue weighted by Crippen LogP contribution is -2.27. The smallest absolute Gasteiger partial charge is 0.264 e. The van der Waals surface area contributed by atoms with Gasteiger partial charge in [0, 0.05) is 17.6 Å². The molecule has 6 nitrogen and oxygen atoms in total. The lowest BCUT2D eigenvalue weighted by atomic mass is 10.1. The van der Waals surface area contributed by atoms with Gasteiger partial charge in [-0.1, -0.05) is 35.9 Å². The van der Waals surface area contributed by atoms with Crippen molar-refractivity contribution in [2.75, 3.05) is 23.8 Å². The van der Waals surface area contributed by atoms with Crippen LogP contribution >= 0.6 is 11.6 Å². The first-order valence-corrected chi connectivity index (χ1v) is 10.9. The second kappa shape index (κ2) is 8.77. The number of aryl methyl sites for hydroxylation is 1. The number of benzene rings is 3. The average molecular weight is 445 g/mol. The number of anilines is 2. The molecule has 0 bridgehead atoms. The largest absolute Gasteiger partial charge is 0.495 e. The van der Waals surface area contributed by atoms with Crippen LogP contribution in [0.5, 0.6) is 5.75 Å². The molecule has 8 heteroatoms. The molecule has 0 fully saturated rings. The van der Waals surface area contributed by atoms with Crippen molar-refractivity contribution in [2.24, 2.45) is 0 Å². The molecule has 1 amide bonds. The molecule has 0 unspecified atom stereocenters. The Hall–Kier alpha value is -3.03. The summed E-state index contributed by atoms with van der Waals surface area (Å²) in [5, 5.41) is 3.21. The highest BCUT2D eigenvalue weighted by Gasteiger charge is 2.23. The van der Waals surface area contributed by atoms with Crippen molar-refractivity contribution >= 4 is 38.9 Å². The van der Waals surface area contributed by atoms with Crippen molar-refractivity contribution in [3.05, 3.63) is 82.9 Å². The van der Waals surface area contributed by atoms with E-state index in [-0.39, 0.29) is 4.90 Å². The van der Waals surface area contributed by atoms with Gasteiger partial charge in [-0.05, 0) is 55.0 Å². The number of rotatable bonds is 6. The van der Waals surface area contributed by atoms with E-state index in [9.17, 15) is 13.2 Å². The molecule has 3 aromatic rings. The molecular formula is C22H21ClN2O4S. The summed E-state index contributed by atoms with van der Waals surface area (Å²) in [6.45, 7) is 1.79. The summed E-state index contributed by atoms with van der Waals surface area (Å²) in [5.74, 6) is 0.0474. The van der Waals surface area contributed by atoms with Gasteiger partial charge in [-0.2, -0.15) is 0 Å². The zero-order valence-corrected chi connectivity index (χ0v) is 18.3. The lowest BCUT2D eigenvalue weighted by Gasteiger charge is -2.22. The van der Waals surface area contributed by atoms with Gasteiger partial charge in [-0.3, -0.25) is 9.10 Å². The van der Waals surface area contributed by atoms with Gasteiger partial charge < -0.3 is 10.1 Å². The van der Waals surface area contributed by atoms with E-state index in [1.807, 2.05) is 0 Å². The van der Waals surface area contributed by atoms with Gasteiger partial charge in [0.05, 0.1) is 23.4 Å². The molecule has 0 aliphatic rings. The molecule has 0 heterocycles. The van der Waals surface area contributed by atoms with Crippen molar-refractivity contribution in [1.82, 2.24) is 0 Å². The lowest BCUT2D eigenvalue weighted by molar-refractivity contribution is 0.102. The number of amides is 1. The molecule has 0 radical (unpaired) electrons. The number of hydrogen-bond acceptors (Lipinski definition) is 4. The first-order chi connectivity index (χ1) is 14.2. The number of halogens is 1. The van der Waals surface area contributed by atoms with E-state index in [2.05, 4.69) is 5.32 Å². The minimum atomic E-state index is -3.77. The maximum atomic E-state index is 13.0. The summed E-state index contributed by atoms with van der Waals surface area (Å²) >= 11 is 6.02. The van der Waals surface area contributed by atoms with Crippen LogP contribution in [0, 0.1) is 6.92 Å². The standard InChI is InChI=1S/C22H21ClN2O4S/c1-15-9-10-16(22(26)24-19-14-17(23)11-12-21(19)29-3)13-20(15)25(2)30(27,28)18-7-5-4-6-8-18/h4-14H,1-3H3,(H,24,26). The van der Waals surface area contributed by atoms with E-state index in [1.165, 1.54) is 30.6 Å². The normalized spacial score (nSPS) is 11.1. The summed E-state index contributed by atoms with van der Waals surface area (Å²) in [6.07, 6.45) is 0. The first kappa shape index (κ1) is 21.7. The van der Waals surface area contributed by atoms with E-state index < -0.39 is 15.9 Å². The molecule has 0 atom stereocenters. The monoisotopic (exact) mass is 444 g/mol. The highest BCUT2D eigenvalue weighted by atomic mass is 35.5. The van der Waals surface area contributed by atoms with E-state index in [0.717, 1.165) is 0 Å². The van der Waals surface area contributed by atoms with Crippen LogP contribution in [0.15, 0.2) is 71.6 Å². The average Bonchev–Trinajstić information content (AvgIpc) is 2.74. The van der Waals surface area contributed by atoms with Crippen LogP contribution in [0.25, 0.3) is 0 Å². The second-order valence-electron chi connectivity index (χ2n) is 6.59. The maximum Gasteiger partial charge on any atom is 0.264 e. The number of sulfonamides is 1. The molecule has 0 saturated heterocycles. The second-order valence-corrected chi connectivity index (χ2v) is 8.99. The molecule has 3 rings (SSSR count). The van der Waals surface area contributed by atoms with Crippen LogP contribution < -0.4 is 14.4 Å². The predicted molar refractivity (Wildman–Crippen MR) is 119 cm³/mol. The van der Waals surface area contributed by atoms with Gasteiger partial charge in [-0.15, -0.1) is 0 Å². The summed E-state index contributed by atoms with van der Waals surface area (Å²) in [5.41, 5.74) is 1.84. The van der Waals surface area contributed by atoms with E-state index in [0.29, 0.717) is 33.3 Å². The molecule has 0 aromatic heterocycles. The molecule has 0 aliphatic heterocycles. The number of methoxy groups -OCH3 is 1. The van der Waals surface area contributed by atoms with Crippen molar-refractivity contribution in [3.63, 3.8) is 0 Å². The van der Waals surface area contributed by atoms with E-state index in [1.54, 1.807) is 61.5 Å². The van der Waals surface area contributed by atoms with Crippen LogP contribution in [-0.2, 0) is 10.0 Å². The van der Waals surface area contributed by atoms with Gasteiger partial charge >= 0.3 is 0 Å². The highest BCUT2D eigenvalue weighted by molar-refractivity contribution is 7.92. The van der Waals surface area contributed by atoms with Gasteiger partial charge in [0.1, 0.15) is 5.75 Å². The number of carbonyl (C=O) groups is 1. The SMILES string of the molecule is COc1ccc(Cl)cc1NC(=O)c1ccc(C)c(N(C)S(=O)(=O)c2ccccc2)c1. The highest BCUT2D eigenvalue weighted by Crippen LogP contribution is 2.30. The summed E-state index contributed by atoms with van der Waals surface area (Å²) in [4.78, 5) is 13.0. The number of nitrogens with zero attached hydrogens (tertiary/aromatic N) is 1. The Kier molecular flexibility index (Phi) is 6.34. The van der Waals surface area contributed by atoms with Crippen LogP contribution in [0.2, 0.25) is 5.02 Å². The first-order valence-electron chi connectivity index (χ1n) is 9.03. The summed E-state index contributed by atoms with van der Waals surface area (Å²) < 4.78 is 32.4. The topological polar surface area (TPSA) is 75.7 Å². The third-order valence-corrected chi connectivity index (χ3v) is 6.64. The Labute approximate surface area is 181 Å². The minimum Gasteiger partial charge on any atom is -0.495 e. The van der Waals surface area contributed by atoms with Gasteiger partial charge in [0.2, 0.25) is 0 Å². The summed E-state index contributed by atoms with van der Waals surface area (Å²) in [7, 11) is -0.811. The predicted octanol–water partition coefficient (Wildman–Crippen LogP) is 4.73. The third-order valence-electron chi connectivity index (χ3n) is 4.62. The number of carbonyl (C=O) groups excluding carboxylic acids is 1. The molecule has 30 heavy (non-hydrogen) atoms. The zero-order chi connectivity index (χ0) is 21.9. The molecule has 3 aromatic carbocycles. The van der Waals surface area contributed by atoms with Crippen LogP contribution in [0.4, 0.5) is 11.4 Å². The molecule has 1 N–H and O–H groups in total. The molecular weight excluding hydrogens is 424 g/mol. The van der Waals surface area contributed by atoms with Crippen molar-refractivity contribution in [2.45, 2.75) is 11.8 Å². The quantitative estimate of drug-likeness (QED) is 0.596. The fraction of sp³-hybridized carbons (Fsp3) is 0.136. The van der Waals surface area contributed by atoms with E-state index in [4.69, 9.17) is 16.3 Å². The Morgan fingerprint density at radius 1 is 1.03 bits per heavy atom.